The number of aromatic nitrogens is 2. The maximum absolute atomic E-state index is 13.4. The van der Waals surface area contributed by atoms with Gasteiger partial charge in [0, 0.05) is 44.5 Å². The van der Waals surface area contributed by atoms with Crippen molar-refractivity contribution >= 4 is 21.4 Å². The third kappa shape index (κ3) is 6.67. The average Bonchev–Trinajstić information content (AvgIpc) is 2.93. The number of pyridine rings is 2. The molecule has 0 bridgehead atoms. The van der Waals surface area contributed by atoms with Crippen LogP contribution in [0.4, 0.5) is 11.4 Å². The summed E-state index contributed by atoms with van der Waals surface area (Å²) in [5, 5.41) is 0. The highest BCUT2D eigenvalue weighted by Crippen LogP contribution is 2.29. The summed E-state index contributed by atoms with van der Waals surface area (Å²) in [6, 6.07) is 13.2. The highest BCUT2D eigenvalue weighted by Gasteiger charge is 2.25. The molecule has 2 saturated heterocycles. The van der Waals surface area contributed by atoms with E-state index in [1.807, 2.05) is 17.0 Å². The summed E-state index contributed by atoms with van der Waals surface area (Å²) in [5.41, 5.74) is 3.88. The van der Waals surface area contributed by atoms with E-state index in [0.29, 0.717) is 43.4 Å². The number of morpholine rings is 2. The van der Waals surface area contributed by atoms with Gasteiger partial charge in [0.25, 0.3) is 10.0 Å². The second kappa shape index (κ2) is 11.9. The Morgan fingerprint density at radius 2 is 1.74 bits per heavy atom. The van der Waals surface area contributed by atoms with Crippen molar-refractivity contribution in [3.05, 3.63) is 60.4 Å². The maximum Gasteiger partial charge on any atom is 0.267 e. The van der Waals surface area contributed by atoms with Crippen LogP contribution in [0.3, 0.4) is 0 Å². The van der Waals surface area contributed by atoms with Crippen molar-refractivity contribution in [3.8, 4) is 17.1 Å². The van der Waals surface area contributed by atoms with Gasteiger partial charge in [0.15, 0.2) is 4.90 Å². The molecule has 11 heteroatoms. The lowest BCUT2D eigenvalue weighted by Gasteiger charge is -2.35. The molecule has 0 unspecified atom stereocenters. The average molecular weight is 554 g/mol. The Bertz CT molecular complexity index is 1370. The lowest BCUT2D eigenvalue weighted by atomic mass is 10.1. The number of ether oxygens (including phenoxy) is 3. The van der Waals surface area contributed by atoms with E-state index in [9.17, 15) is 8.42 Å². The molecule has 2 aliphatic rings. The lowest BCUT2D eigenvalue weighted by Crippen LogP contribution is -2.44. The van der Waals surface area contributed by atoms with Crippen LogP contribution in [0.5, 0.6) is 5.88 Å². The molecular formula is C28H35N5O5S. The van der Waals surface area contributed by atoms with E-state index in [-0.39, 0.29) is 23.0 Å². The highest BCUT2D eigenvalue weighted by molar-refractivity contribution is 7.92. The molecule has 0 aliphatic carbocycles. The van der Waals surface area contributed by atoms with E-state index in [1.54, 1.807) is 30.6 Å². The molecule has 2 atom stereocenters. The standard InChI is InChI=1S/C28H35N5O5S/c1-20-17-32(18-21(2)38-20)19-22-4-6-23(7-5-22)26-14-24(8-9-29-26)31-39(34,35)27-15-25(16-30-28(27)36-3)33-10-12-37-13-11-33/h4-9,14-16,20-21H,10-13,17-19H2,1-3H3,(H,29,31)/t20-,21+. The maximum atomic E-state index is 13.4. The molecule has 2 aromatic heterocycles. The minimum Gasteiger partial charge on any atom is -0.480 e. The number of methoxy groups -OCH3 is 1. The van der Waals surface area contributed by atoms with Gasteiger partial charge in [0.1, 0.15) is 0 Å². The van der Waals surface area contributed by atoms with E-state index < -0.39 is 10.0 Å². The summed E-state index contributed by atoms with van der Waals surface area (Å²) < 4.78 is 46.1. The van der Waals surface area contributed by atoms with Gasteiger partial charge < -0.3 is 19.1 Å². The Hall–Kier alpha value is -3.25. The van der Waals surface area contributed by atoms with Gasteiger partial charge in [-0.3, -0.25) is 14.6 Å². The molecule has 1 aromatic carbocycles. The lowest BCUT2D eigenvalue weighted by molar-refractivity contribution is -0.0704. The summed E-state index contributed by atoms with van der Waals surface area (Å²) in [4.78, 5) is 13.1. The third-order valence-electron chi connectivity index (χ3n) is 6.83. The van der Waals surface area contributed by atoms with Crippen molar-refractivity contribution < 1.29 is 22.6 Å². The molecule has 39 heavy (non-hydrogen) atoms. The number of hydrogen-bond donors (Lipinski definition) is 1. The molecule has 0 spiro atoms. The summed E-state index contributed by atoms with van der Waals surface area (Å²) in [7, 11) is -2.58. The zero-order valence-electron chi connectivity index (χ0n) is 22.5. The van der Waals surface area contributed by atoms with Crippen molar-refractivity contribution in [3.63, 3.8) is 0 Å². The fourth-order valence-electron chi connectivity index (χ4n) is 5.08. The Morgan fingerprint density at radius 1 is 1.03 bits per heavy atom. The normalized spacial score (nSPS) is 20.5. The van der Waals surface area contributed by atoms with E-state index in [4.69, 9.17) is 14.2 Å². The summed E-state index contributed by atoms with van der Waals surface area (Å²) in [5.74, 6) is 0.0356. The van der Waals surface area contributed by atoms with Crippen LogP contribution < -0.4 is 14.4 Å². The fourth-order valence-corrected chi connectivity index (χ4v) is 6.27. The molecule has 2 fully saturated rings. The Kier molecular flexibility index (Phi) is 8.31. The van der Waals surface area contributed by atoms with E-state index >= 15 is 0 Å². The van der Waals surface area contributed by atoms with Crippen LogP contribution >= 0.6 is 0 Å². The van der Waals surface area contributed by atoms with Gasteiger partial charge in [-0.25, -0.2) is 13.4 Å². The van der Waals surface area contributed by atoms with E-state index in [0.717, 1.165) is 25.2 Å². The minimum atomic E-state index is -3.99. The van der Waals surface area contributed by atoms with Gasteiger partial charge in [-0.1, -0.05) is 24.3 Å². The van der Waals surface area contributed by atoms with Gasteiger partial charge in [0.05, 0.1) is 55.8 Å². The first-order chi connectivity index (χ1) is 18.8. The van der Waals surface area contributed by atoms with Crippen LogP contribution in [0.2, 0.25) is 0 Å². The van der Waals surface area contributed by atoms with Gasteiger partial charge in [-0.15, -0.1) is 0 Å². The molecule has 2 aliphatic heterocycles. The zero-order chi connectivity index (χ0) is 27.4. The van der Waals surface area contributed by atoms with Crippen LogP contribution in [0.25, 0.3) is 11.3 Å². The number of rotatable bonds is 8. The second-order valence-corrected chi connectivity index (χ2v) is 11.6. The zero-order valence-corrected chi connectivity index (χ0v) is 23.4. The number of sulfonamides is 1. The first-order valence-electron chi connectivity index (χ1n) is 13.1. The van der Waals surface area contributed by atoms with Crippen LogP contribution in [-0.4, -0.2) is 82.0 Å². The molecule has 208 valence electrons. The largest absolute Gasteiger partial charge is 0.480 e. The molecule has 10 nitrogen and oxygen atoms in total. The summed E-state index contributed by atoms with van der Waals surface area (Å²) in [6.07, 6.45) is 3.66. The summed E-state index contributed by atoms with van der Waals surface area (Å²) >= 11 is 0. The fraction of sp³-hybridized carbons (Fsp3) is 0.429. The van der Waals surface area contributed by atoms with E-state index in [1.165, 1.54) is 12.7 Å². The van der Waals surface area contributed by atoms with Gasteiger partial charge in [0.2, 0.25) is 5.88 Å². The number of hydrogen-bond acceptors (Lipinski definition) is 9. The van der Waals surface area contributed by atoms with Crippen LogP contribution in [0, 0.1) is 0 Å². The van der Waals surface area contributed by atoms with Crippen molar-refractivity contribution in [2.45, 2.75) is 37.5 Å². The topological polar surface area (TPSA) is 106 Å². The SMILES string of the molecule is COc1ncc(N2CCOCC2)cc1S(=O)(=O)Nc1ccnc(-c2ccc(CN3C[C@@H](C)O[C@@H](C)C3)cc2)c1. The van der Waals surface area contributed by atoms with Crippen molar-refractivity contribution in [1.29, 1.82) is 0 Å². The molecule has 0 radical (unpaired) electrons. The number of benzene rings is 1. The predicted octanol–water partition coefficient (Wildman–Crippen LogP) is 3.40. The number of nitrogens with one attached hydrogen (secondary N) is 1. The highest BCUT2D eigenvalue weighted by atomic mass is 32.2. The van der Waals surface area contributed by atoms with Gasteiger partial charge in [-0.2, -0.15) is 0 Å². The van der Waals surface area contributed by atoms with Crippen molar-refractivity contribution in [2.75, 3.05) is 56.1 Å². The second-order valence-electron chi connectivity index (χ2n) is 9.98. The van der Waals surface area contributed by atoms with Gasteiger partial charge >= 0.3 is 0 Å². The molecule has 0 amide bonds. The Balaban J connectivity index is 1.32. The van der Waals surface area contributed by atoms with Crippen LogP contribution in [-0.2, 0) is 26.0 Å². The predicted molar refractivity (Wildman–Crippen MR) is 150 cm³/mol. The monoisotopic (exact) mass is 553 g/mol. The van der Waals surface area contributed by atoms with Crippen molar-refractivity contribution in [2.24, 2.45) is 0 Å². The van der Waals surface area contributed by atoms with Crippen molar-refractivity contribution in [1.82, 2.24) is 14.9 Å². The van der Waals surface area contributed by atoms with E-state index in [2.05, 4.69) is 45.6 Å². The molecule has 1 N–H and O–H groups in total. The molecule has 5 rings (SSSR count). The first kappa shape index (κ1) is 27.3. The number of anilines is 2. The molecule has 0 saturated carbocycles. The van der Waals surface area contributed by atoms with Gasteiger partial charge in [-0.05, 0) is 37.6 Å². The Labute approximate surface area is 230 Å². The Morgan fingerprint density at radius 3 is 2.44 bits per heavy atom. The third-order valence-corrected chi connectivity index (χ3v) is 8.20. The smallest absolute Gasteiger partial charge is 0.267 e. The first-order valence-corrected chi connectivity index (χ1v) is 14.6. The molecule has 3 aromatic rings. The minimum absolute atomic E-state index is 0.0246. The van der Waals surface area contributed by atoms with Crippen LogP contribution in [0.15, 0.2) is 59.8 Å². The summed E-state index contributed by atoms with van der Waals surface area (Å²) in [6.45, 7) is 9.37. The van der Waals surface area contributed by atoms with Crippen LogP contribution in [0.1, 0.15) is 19.4 Å². The molecular weight excluding hydrogens is 518 g/mol. The number of nitrogens with zero attached hydrogens (tertiary/aromatic N) is 4. The molecule has 4 heterocycles. The quantitative estimate of drug-likeness (QED) is 0.449.